The topological polar surface area (TPSA) is 129 Å². The number of carbonyl (C=O) groups is 5. The monoisotopic (exact) mass is 436 g/mol. The first kappa shape index (κ1) is 31.7. The second-order valence-corrected chi connectivity index (χ2v) is 4.85. The van der Waals surface area contributed by atoms with Crippen molar-refractivity contribution in [1.29, 1.82) is 0 Å². The third-order valence-corrected chi connectivity index (χ3v) is 2.76. The molecule has 0 saturated heterocycles. The lowest BCUT2D eigenvalue weighted by molar-refractivity contribution is -0.191. The van der Waals surface area contributed by atoms with Crippen molar-refractivity contribution in [1.82, 2.24) is 0 Å². The largest absolute Gasteiger partial charge is 0.467 e. The van der Waals surface area contributed by atoms with Gasteiger partial charge >= 0.3 is 6.15 Å². The van der Waals surface area contributed by atoms with Gasteiger partial charge in [-0.1, -0.05) is 47.8 Å². The summed E-state index contributed by atoms with van der Waals surface area (Å²) in [6.45, 7) is 14.0. The van der Waals surface area contributed by atoms with Crippen molar-refractivity contribution < 1.29 is 43.9 Å². The molecule has 0 saturated carbocycles. The van der Waals surface area contributed by atoms with Gasteiger partial charge in [0.1, 0.15) is 11.6 Å². The van der Waals surface area contributed by atoms with Crippen LogP contribution in [0.1, 0.15) is 78.7 Å². The van der Waals surface area contributed by atoms with Crippen LogP contribution in [-0.4, -0.2) is 42.3 Å². The minimum atomic E-state index is -1.08. The number of hydrogen-bond acceptors (Lipinski definition) is 8. The average molecular weight is 437 g/mol. The molecule has 0 fully saturated rings. The van der Waals surface area contributed by atoms with E-state index in [1.807, 2.05) is 20.8 Å². The van der Waals surface area contributed by atoms with E-state index >= 15 is 0 Å². The molecule has 0 aromatic heterocycles. The minimum Gasteiger partial charge on any atom is -0.467 e. The van der Waals surface area contributed by atoms with Crippen LogP contribution >= 0.6 is 0 Å². The first-order valence-electron chi connectivity index (χ1n) is 10.5. The van der Waals surface area contributed by atoms with Crippen molar-refractivity contribution in [2.24, 2.45) is 0 Å². The molecule has 0 radical (unpaired) electrons. The highest BCUT2D eigenvalue weighted by molar-refractivity contribution is 5.89. The highest BCUT2D eigenvalue weighted by Gasteiger charge is 1.95. The van der Waals surface area contributed by atoms with Crippen LogP contribution in [0.5, 0.6) is 0 Å². The van der Waals surface area contributed by atoms with Crippen LogP contribution in [0.15, 0.2) is 25.3 Å². The van der Waals surface area contributed by atoms with E-state index in [9.17, 15) is 24.0 Å². The molecule has 0 atom stereocenters. The average Bonchev–Trinajstić information content (AvgIpc) is 2.79. The van der Waals surface area contributed by atoms with E-state index < -0.39 is 6.45 Å². The third-order valence-electron chi connectivity index (χ3n) is 2.76. The van der Waals surface area contributed by atoms with Gasteiger partial charge in [0.2, 0.25) is 0 Å². The number of hydrogen-bond donors (Lipinski definition) is 0. The molecular formula is C22H40O8. The fourth-order valence-electron chi connectivity index (χ4n) is 0.849. The first-order valence-corrected chi connectivity index (χ1v) is 9.27. The number of allylic oxidation sites excluding steroid dienone is 2. The molecule has 0 bridgehead atoms. The van der Waals surface area contributed by atoms with Crippen molar-refractivity contribution in [2.75, 3.05) is 6.61 Å². The predicted molar refractivity (Wildman–Crippen MR) is 118 cm³/mol. The summed E-state index contributed by atoms with van der Waals surface area (Å²) < 4.78 is 17.1. The van der Waals surface area contributed by atoms with Gasteiger partial charge in [-0.2, -0.15) is 9.59 Å². The van der Waals surface area contributed by atoms with Gasteiger partial charge in [-0.3, -0.25) is 24.0 Å². The van der Waals surface area contributed by atoms with E-state index in [4.69, 9.17) is 12.3 Å². The van der Waals surface area contributed by atoms with E-state index in [2.05, 4.69) is 17.9 Å². The summed E-state index contributed by atoms with van der Waals surface area (Å²) in [6, 6.07) is 0. The Kier molecular flexibility index (Phi) is 38.9. The van der Waals surface area contributed by atoms with Crippen molar-refractivity contribution in [2.45, 2.75) is 73.1 Å². The van der Waals surface area contributed by atoms with Crippen molar-refractivity contribution in [3.05, 3.63) is 25.3 Å². The SMILES string of the molecule is C=CC(=O)CC.C=CC(=O)CC.O=C=O.[2HH].[2HH].[2H]C(=O)OCCC(=O)CC.[2H]CCC(=O)CC. The predicted octanol–water partition coefficient (Wildman–Crippen LogP) is 4.12. The standard InChI is InChI=1S/C6H10O3.C5H10O.2C5H8O.CO2.2H2/c1-2-6(8)3-4-9-5-7;3*1-3-5(6)4-2;2-1-3;;/h5H,2-4H2,1H3;3-4H2,1-2H3;2*3H,1,4H2,2H3;;2*1H/i5D;1D;;;;2*1+1. The first-order chi connectivity index (χ1) is 15.0. The molecule has 0 heterocycles. The van der Waals surface area contributed by atoms with Gasteiger partial charge in [0.05, 0.1) is 6.61 Å². The number of ketones is 4. The summed E-state index contributed by atoms with van der Waals surface area (Å²) in [5.74, 6) is 0.446. The fraction of sp³-hybridized carbons (Fsp3) is 0.545. The molecule has 0 aromatic carbocycles. The number of carbonyl (C=O) groups excluding carboxylic acids is 7. The summed E-state index contributed by atoms with van der Waals surface area (Å²) in [5.41, 5.74) is 0. The van der Waals surface area contributed by atoms with Crippen LogP contribution in [0.3, 0.4) is 0 Å². The van der Waals surface area contributed by atoms with E-state index in [1.54, 1.807) is 6.92 Å². The van der Waals surface area contributed by atoms with E-state index in [-0.39, 0.29) is 52.1 Å². The molecule has 8 heteroatoms. The van der Waals surface area contributed by atoms with Gasteiger partial charge in [0.25, 0.3) is 6.45 Å². The van der Waals surface area contributed by atoms with E-state index in [0.717, 1.165) is 0 Å². The summed E-state index contributed by atoms with van der Waals surface area (Å²) in [5, 5.41) is 0. The van der Waals surface area contributed by atoms with Gasteiger partial charge in [-0.15, -0.1) is 0 Å². The molecule has 0 N–H and O–H groups in total. The molecule has 30 heavy (non-hydrogen) atoms. The summed E-state index contributed by atoms with van der Waals surface area (Å²) in [6.07, 6.45) is 4.67. The highest BCUT2D eigenvalue weighted by atomic mass is 16.5. The van der Waals surface area contributed by atoms with Gasteiger partial charge in [-0.05, 0) is 12.2 Å². The molecule has 0 aromatic rings. The zero-order chi connectivity index (χ0) is 26.4. The molecule has 176 valence electrons. The van der Waals surface area contributed by atoms with Crippen molar-refractivity contribution in [3.63, 3.8) is 0 Å². The van der Waals surface area contributed by atoms with Crippen LogP contribution < -0.4 is 0 Å². The molecule has 0 amide bonds. The quantitative estimate of drug-likeness (QED) is 0.369. The van der Waals surface area contributed by atoms with Gasteiger partial charge in [0, 0.05) is 42.7 Å². The third kappa shape index (κ3) is 56.2. The molecule has 0 aliphatic heterocycles. The number of rotatable bonds is 10. The maximum absolute atomic E-state index is 10.5. The van der Waals surface area contributed by atoms with Crippen LogP contribution in [0, 0.1) is 0 Å². The lowest BCUT2D eigenvalue weighted by Gasteiger charge is -1.93. The maximum atomic E-state index is 10.5. The molecule has 8 nitrogen and oxygen atoms in total. The van der Waals surface area contributed by atoms with Crippen LogP contribution in [0.2, 0.25) is 0 Å². The van der Waals surface area contributed by atoms with Gasteiger partial charge in [-0.25, -0.2) is 0 Å². The Morgan fingerprint density at radius 3 is 1.47 bits per heavy atom. The number of Topliss-reactive ketones (excluding diaryl/α,β-unsaturated/α-hetero) is 2. The Labute approximate surface area is 185 Å². The van der Waals surface area contributed by atoms with Crippen LogP contribution in [0.4, 0.5) is 0 Å². The maximum Gasteiger partial charge on any atom is 0.373 e. The smallest absolute Gasteiger partial charge is 0.373 e. The fourth-order valence-corrected chi connectivity index (χ4v) is 0.849. The summed E-state index contributed by atoms with van der Waals surface area (Å²) >= 11 is 0. The lowest BCUT2D eigenvalue weighted by Crippen LogP contribution is -2.01. The molecule has 0 rings (SSSR count). The molecule has 0 spiro atoms. The minimum absolute atomic E-state index is 0. The molecule has 0 unspecified atom stereocenters. The molecule has 0 aliphatic carbocycles. The van der Waals surface area contributed by atoms with E-state index in [0.29, 0.717) is 32.1 Å². The lowest BCUT2D eigenvalue weighted by atomic mass is 10.2. The highest BCUT2D eigenvalue weighted by Crippen LogP contribution is 1.87. The molecule has 0 aliphatic rings. The normalized spacial score (nSPS) is 8.40. The van der Waals surface area contributed by atoms with E-state index in [1.165, 1.54) is 12.2 Å². The second-order valence-electron chi connectivity index (χ2n) is 4.85. The summed E-state index contributed by atoms with van der Waals surface area (Å²) in [7, 11) is 0. The van der Waals surface area contributed by atoms with Gasteiger partial charge < -0.3 is 4.74 Å². The van der Waals surface area contributed by atoms with Crippen molar-refractivity contribution in [3.8, 4) is 0 Å². The van der Waals surface area contributed by atoms with Crippen LogP contribution in [-0.2, 0) is 38.3 Å². The second kappa shape index (κ2) is 36.9. The Morgan fingerprint density at radius 2 is 1.30 bits per heavy atom. The summed E-state index contributed by atoms with van der Waals surface area (Å²) in [4.78, 5) is 67.1. The Morgan fingerprint density at radius 1 is 0.900 bits per heavy atom. The zero-order valence-electron chi connectivity index (χ0n) is 20.5. The Hall–Kier alpha value is -2.99. The zero-order valence-corrected chi connectivity index (χ0v) is 18.5. The Balaban J connectivity index is -0.0000000550. The van der Waals surface area contributed by atoms with Crippen LogP contribution in [0.25, 0.3) is 0 Å². The molecular weight excluding hydrogens is 392 g/mol. The Bertz CT molecular complexity index is 567. The van der Waals surface area contributed by atoms with Gasteiger partial charge in [0.15, 0.2) is 12.9 Å². The van der Waals surface area contributed by atoms with Crippen molar-refractivity contribution >= 4 is 35.7 Å². The number of ether oxygens (including phenoxy) is 1.